The molecule has 0 saturated heterocycles. The maximum atomic E-state index is 3.60. The van der Waals surface area contributed by atoms with Gasteiger partial charge in [0.05, 0.1) is 0 Å². The SMILES string of the molecule is CCCN(C)CC(C)(CC)CNCC(C)C. The topological polar surface area (TPSA) is 15.3 Å². The van der Waals surface area contributed by atoms with Gasteiger partial charge in [0.25, 0.3) is 0 Å². The Balaban J connectivity index is 3.99. The minimum absolute atomic E-state index is 0.415. The van der Waals surface area contributed by atoms with Gasteiger partial charge in [0.15, 0.2) is 0 Å². The fraction of sp³-hybridized carbons (Fsp3) is 1.00. The van der Waals surface area contributed by atoms with Gasteiger partial charge in [-0.3, -0.25) is 0 Å². The molecule has 0 fully saturated rings. The van der Waals surface area contributed by atoms with Crippen molar-refractivity contribution in [3.8, 4) is 0 Å². The molecule has 1 unspecified atom stereocenters. The minimum Gasteiger partial charge on any atom is -0.316 e. The molecule has 0 aromatic rings. The standard InChI is InChI=1S/C14H32N2/c1-7-9-16(6)12-14(5,8-2)11-15-10-13(3)4/h13,15H,7-12H2,1-6H3. The molecular weight excluding hydrogens is 196 g/mol. The molecule has 0 spiro atoms. The fourth-order valence-electron chi connectivity index (χ4n) is 2.07. The van der Waals surface area contributed by atoms with Gasteiger partial charge in [0.2, 0.25) is 0 Å². The van der Waals surface area contributed by atoms with E-state index >= 15 is 0 Å². The van der Waals surface area contributed by atoms with Crippen LogP contribution in [0, 0.1) is 11.3 Å². The molecule has 0 amide bonds. The van der Waals surface area contributed by atoms with Gasteiger partial charge in [0.1, 0.15) is 0 Å². The van der Waals surface area contributed by atoms with Crippen molar-refractivity contribution in [1.29, 1.82) is 0 Å². The molecule has 1 atom stereocenters. The molecule has 0 aliphatic heterocycles. The molecule has 2 heteroatoms. The molecule has 0 aliphatic carbocycles. The predicted molar refractivity (Wildman–Crippen MR) is 73.9 cm³/mol. The molecule has 16 heavy (non-hydrogen) atoms. The summed E-state index contributed by atoms with van der Waals surface area (Å²) in [4.78, 5) is 2.46. The smallest absolute Gasteiger partial charge is 0.00443 e. The molecule has 0 radical (unpaired) electrons. The van der Waals surface area contributed by atoms with E-state index in [2.05, 4.69) is 51.9 Å². The second-order valence-corrected chi connectivity index (χ2v) is 5.93. The van der Waals surface area contributed by atoms with Crippen LogP contribution in [0.2, 0.25) is 0 Å². The van der Waals surface area contributed by atoms with Gasteiger partial charge < -0.3 is 10.2 Å². The third-order valence-corrected chi connectivity index (χ3v) is 3.21. The number of hydrogen-bond acceptors (Lipinski definition) is 2. The fourth-order valence-corrected chi connectivity index (χ4v) is 2.07. The van der Waals surface area contributed by atoms with Gasteiger partial charge in [-0.25, -0.2) is 0 Å². The normalized spacial score (nSPS) is 15.8. The van der Waals surface area contributed by atoms with Crippen molar-refractivity contribution < 1.29 is 0 Å². The molecule has 0 heterocycles. The van der Waals surface area contributed by atoms with Crippen LogP contribution < -0.4 is 5.32 Å². The van der Waals surface area contributed by atoms with E-state index in [0.717, 1.165) is 19.0 Å². The van der Waals surface area contributed by atoms with Crippen LogP contribution in [0.3, 0.4) is 0 Å². The summed E-state index contributed by atoms with van der Waals surface area (Å²) in [6, 6.07) is 0. The molecule has 1 N–H and O–H groups in total. The van der Waals surface area contributed by atoms with Crippen LogP contribution in [0.1, 0.15) is 47.5 Å². The molecule has 0 saturated carbocycles. The van der Waals surface area contributed by atoms with E-state index < -0.39 is 0 Å². The second-order valence-electron chi connectivity index (χ2n) is 5.93. The first-order valence-electron chi connectivity index (χ1n) is 6.82. The molecule has 0 aromatic heterocycles. The Hall–Kier alpha value is -0.0800. The first-order valence-corrected chi connectivity index (χ1v) is 6.82. The summed E-state index contributed by atoms with van der Waals surface area (Å²) in [5.74, 6) is 0.745. The van der Waals surface area contributed by atoms with E-state index in [0.29, 0.717) is 5.41 Å². The van der Waals surface area contributed by atoms with E-state index in [9.17, 15) is 0 Å². The summed E-state index contributed by atoms with van der Waals surface area (Å²) in [7, 11) is 2.24. The summed E-state index contributed by atoms with van der Waals surface area (Å²) >= 11 is 0. The van der Waals surface area contributed by atoms with E-state index in [4.69, 9.17) is 0 Å². The second kappa shape index (κ2) is 8.08. The Morgan fingerprint density at radius 2 is 1.88 bits per heavy atom. The molecule has 0 rings (SSSR count). The van der Waals surface area contributed by atoms with Crippen molar-refractivity contribution in [2.75, 3.05) is 33.2 Å². The average Bonchev–Trinajstić information content (AvgIpc) is 2.17. The quantitative estimate of drug-likeness (QED) is 0.652. The van der Waals surface area contributed by atoms with Crippen LogP contribution in [-0.2, 0) is 0 Å². The third-order valence-electron chi connectivity index (χ3n) is 3.21. The van der Waals surface area contributed by atoms with Gasteiger partial charge in [0, 0.05) is 13.1 Å². The Bertz CT molecular complexity index is 168. The highest BCUT2D eigenvalue weighted by Crippen LogP contribution is 2.21. The van der Waals surface area contributed by atoms with Crippen LogP contribution in [0.15, 0.2) is 0 Å². The van der Waals surface area contributed by atoms with Gasteiger partial charge in [-0.05, 0) is 44.3 Å². The van der Waals surface area contributed by atoms with Gasteiger partial charge in [-0.15, -0.1) is 0 Å². The first kappa shape index (κ1) is 15.9. The Labute approximate surface area is 103 Å². The first-order chi connectivity index (χ1) is 7.43. The van der Waals surface area contributed by atoms with E-state index in [1.54, 1.807) is 0 Å². The zero-order chi connectivity index (χ0) is 12.6. The van der Waals surface area contributed by atoms with E-state index in [1.807, 2.05) is 0 Å². The Morgan fingerprint density at radius 3 is 2.31 bits per heavy atom. The molecule has 0 bridgehead atoms. The lowest BCUT2D eigenvalue weighted by molar-refractivity contribution is 0.179. The van der Waals surface area contributed by atoms with E-state index in [-0.39, 0.29) is 0 Å². The highest BCUT2D eigenvalue weighted by Gasteiger charge is 2.23. The zero-order valence-electron chi connectivity index (χ0n) is 12.3. The number of hydrogen-bond donors (Lipinski definition) is 1. The van der Waals surface area contributed by atoms with Crippen molar-refractivity contribution in [3.63, 3.8) is 0 Å². The van der Waals surface area contributed by atoms with Crippen molar-refractivity contribution >= 4 is 0 Å². The third kappa shape index (κ3) is 7.24. The van der Waals surface area contributed by atoms with Gasteiger partial charge in [-0.1, -0.05) is 34.6 Å². The lowest BCUT2D eigenvalue weighted by Gasteiger charge is -2.33. The zero-order valence-corrected chi connectivity index (χ0v) is 12.3. The summed E-state index contributed by atoms with van der Waals surface area (Å²) < 4.78 is 0. The van der Waals surface area contributed by atoms with Crippen LogP contribution in [0.4, 0.5) is 0 Å². The number of rotatable bonds is 9. The van der Waals surface area contributed by atoms with Crippen molar-refractivity contribution in [3.05, 3.63) is 0 Å². The number of nitrogens with one attached hydrogen (secondary N) is 1. The maximum absolute atomic E-state index is 3.60. The molecular formula is C14H32N2. The molecule has 98 valence electrons. The highest BCUT2D eigenvalue weighted by molar-refractivity contribution is 4.78. The molecule has 2 nitrogen and oxygen atoms in total. The van der Waals surface area contributed by atoms with Crippen molar-refractivity contribution in [1.82, 2.24) is 10.2 Å². The molecule has 0 aromatic carbocycles. The van der Waals surface area contributed by atoms with Gasteiger partial charge >= 0.3 is 0 Å². The number of nitrogens with zero attached hydrogens (tertiary/aromatic N) is 1. The van der Waals surface area contributed by atoms with Crippen LogP contribution in [-0.4, -0.2) is 38.1 Å². The van der Waals surface area contributed by atoms with Crippen molar-refractivity contribution in [2.24, 2.45) is 11.3 Å². The minimum atomic E-state index is 0.415. The van der Waals surface area contributed by atoms with Crippen LogP contribution in [0.5, 0.6) is 0 Å². The Morgan fingerprint density at radius 1 is 1.25 bits per heavy atom. The summed E-state index contributed by atoms with van der Waals surface area (Å²) in [6.07, 6.45) is 2.49. The summed E-state index contributed by atoms with van der Waals surface area (Å²) in [5, 5.41) is 3.60. The van der Waals surface area contributed by atoms with Crippen molar-refractivity contribution in [2.45, 2.75) is 47.5 Å². The van der Waals surface area contributed by atoms with Crippen LogP contribution >= 0.6 is 0 Å². The monoisotopic (exact) mass is 228 g/mol. The summed E-state index contributed by atoms with van der Waals surface area (Å²) in [5.41, 5.74) is 0.415. The summed E-state index contributed by atoms with van der Waals surface area (Å²) in [6.45, 7) is 16.1. The predicted octanol–water partition coefficient (Wildman–Crippen LogP) is 2.99. The lowest BCUT2D eigenvalue weighted by Crippen LogP contribution is -2.41. The average molecular weight is 228 g/mol. The van der Waals surface area contributed by atoms with Crippen LogP contribution in [0.25, 0.3) is 0 Å². The Kier molecular flexibility index (Phi) is 8.04. The lowest BCUT2D eigenvalue weighted by atomic mass is 9.86. The maximum Gasteiger partial charge on any atom is 0.00443 e. The molecule has 0 aliphatic rings. The van der Waals surface area contributed by atoms with Gasteiger partial charge in [-0.2, -0.15) is 0 Å². The largest absolute Gasteiger partial charge is 0.316 e. The van der Waals surface area contributed by atoms with E-state index in [1.165, 1.54) is 25.9 Å². The highest BCUT2D eigenvalue weighted by atomic mass is 15.1.